The van der Waals surface area contributed by atoms with Crippen LogP contribution in [0.2, 0.25) is 0 Å². The number of hydrogen-bond acceptors (Lipinski definition) is 4. The van der Waals surface area contributed by atoms with Gasteiger partial charge in [0.25, 0.3) is 0 Å². The molecule has 1 rings (SSSR count). The number of allylic oxidation sites excluding steroid dienone is 1. The summed E-state index contributed by atoms with van der Waals surface area (Å²) < 4.78 is 0.609. The Hall–Kier alpha value is -2.18. The first-order valence-corrected chi connectivity index (χ1v) is 12.7. The Morgan fingerprint density at radius 1 is 1.09 bits per heavy atom. The van der Waals surface area contributed by atoms with Gasteiger partial charge in [0, 0.05) is 31.3 Å². The van der Waals surface area contributed by atoms with Crippen molar-refractivity contribution in [3.05, 3.63) is 48.0 Å². The molecular formula is C29H48N2O4. The topological polar surface area (TPSA) is 89.5 Å². The van der Waals surface area contributed by atoms with E-state index in [1.807, 2.05) is 44.4 Å². The van der Waals surface area contributed by atoms with Gasteiger partial charge in [-0.3, -0.25) is 4.79 Å². The van der Waals surface area contributed by atoms with Crippen molar-refractivity contribution in [3.8, 4) is 0 Å². The molecular weight excluding hydrogens is 440 g/mol. The van der Waals surface area contributed by atoms with Crippen LogP contribution in [0.5, 0.6) is 0 Å². The molecule has 6 nitrogen and oxygen atoms in total. The third-order valence-electron chi connectivity index (χ3n) is 6.15. The molecule has 2 atom stereocenters. The first kappa shape index (κ1) is 30.9. The standard InChI is InChI=1S/C29H48N2O4/c1-22(19-29(5,6)21-28(2,3)4)17-24(27(34)35)18-26(33)30-15-12-16-31(7,8)20-25(32)23-13-10-9-11-14-23/h9-11,13-14,24-25,32H,1,12,15-21H2,2-8H3,(H-,30,33,34,35). The molecule has 198 valence electrons. The van der Waals surface area contributed by atoms with Gasteiger partial charge >= 0.3 is 0 Å². The molecule has 0 spiro atoms. The predicted molar refractivity (Wildman–Crippen MR) is 140 cm³/mol. The van der Waals surface area contributed by atoms with E-state index in [2.05, 4.69) is 46.5 Å². The van der Waals surface area contributed by atoms with E-state index >= 15 is 0 Å². The lowest BCUT2D eigenvalue weighted by Crippen LogP contribution is -2.44. The first-order valence-electron chi connectivity index (χ1n) is 12.7. The first-order chi connectivity index (χ1) is 16.0. The normalized spacial score (nSPS) is 14.3. The molecule has 0 aliphatic heterocycles. The Balaban J connectivity index is 2.46. The summed E-state index contributed by atoms with van der Waals surface area (Å²) in [7, 11) is 4.10. The summed E-state index contributed by atoms with van der Waals surface area (Å²) in [5.41, 5.74) is 1.92. The number of nitrogens with one attached hydrogen (secondary N) is 1. The highest BCUT2D eigenvalue weighted by Crippen LogP contribution is 2.38. The Bertz CT molecular complexity index is 825. The highest BCUT2D eigenvalue weighted by molar-refractivity contribution is 5.81. The molecule has 0 aromatic heterocycles. The van der Waals surface area contributed by atoms with Crippen LogP contribution in [0.4, 0.5) is 0 Å². The minimum Gasteiger partial charge on any atom is -0.550 e. The molecule has 2 N–H and O–H groups in total. The Morgan fingerprint density at radius 2 is 1.69 bits per heavy atom. The van der Waals surface area contributed by atoms with E-state index in [-0.39, 0.29) is 29.6 Å². The van der Waals surface area contributed by atoms with E-state index in [1.165, 1.54) is 0 Å². The number of quaternary nitrogens is 1. The molecule has 6 heteroatoms. The van der Waals surface area contributed by atoms with Crippen molar-refractivity contribution < 1.29 is 24.3 Å². The molecule has 0 saturated carbocycles. The van der Waals surface area contributed by atoms with Crippen molar-refractivity contribution in [1.82, 2.24) is 5.32 Å². The van der Waals surface area contributed by atoms with E-state index in [9.17, 15) is 19.8 Å². The van der Waals surface area contributed by atoms with Crippen molar-refractivity contribution in [1.29, 1.82) is 0 Å². The molecule has 1 aromatic carbocycles. The lowest BCUT2D eigenvalue weighted by atomic mass is 9.72. The molecule has 0 aliphatic carbocycles. The van der Waals surface area contributed by atoms with Crippen LogP contribution in [-0.4, -0.2) is 55.2 Å². The van der Waals surface area contributed by atoms with Gasteiger partial charge in [-0.2, -0.15) is 0 Å². The average molecular weight is 489 g/mol. The highest BCUT2D eigenvalue weighted by Gasteiger charge is 2.27. The third kappa shape index (κ3) is 13.5. The fraction of sp³-hybridized carbons (Fsp3) is 0.655. The van der Waals surface area contributed by atoms with Gasteiger partial charge in [-0.1, -0.05) is 77.1 Å². The van der Waals surface area contributed by atoms with Gasteiger partial charge in [0.2, 0.25) is 5.91 Å². The van der Waals surface area contributed by atoms with Gasteiger partial charge in [0.1, 0.15) is 12.6 Å². The Morgan fingerprint density at radius 3 is 2.23 bits per heavy atom. The number of carboxylic acid groups (broad SMARTS) is 1. The fourth-order valence-corrected chi connectivity index (χ4v) is 5.21. The lowest BCUT2D eigenvalue weighted by molar-refractivity contribution is -0.894. The van der Waals surface area contributed by atoms with Gasteiger partial charge in [0.05, 0.1) is 20.6 Å². The molecule has 2 unspecified atom stereocenters. The number of carbonyl (C=O) groups is 2. The van der Waals surface area contributed by atoms with E-state index < -0.39 is 18.0 Å². The van der Waals surface area contributed by atoms with Crippen molar-refractivity contribution in [2.45, 2.75) is 72.8 Å². The van der Waals surface area contributed by atoms with Crippen molar-refractivity contribution in [3.63, 3.8) is 0 Å². The second kappa shape index (κ2) is 13.2. The van der Waals surface area contributed by atoms with Gasteiger partial charge in [-0.15, -0.1) is 0 Å². The van der Waals surface area contributed by atoms with Gasteiger partial charge in [-0.25, -0.2) is 0 Å². The Labute approximate surface area is 213 Å². The molecule has 0 heterocycles. The number of carbonyl (C=O) groups excluding carboxylic acids is 2. The molecule has 35 heavy (non-hydrogen) atoms. The van der Waals surface area contributed by atoms with Gasteiger partial charge in [-0.05, 0) is 35.7 Å². The predicted octanol–water partition coefficient (Wildman–Crippen LogP) is 3.86. The number of likely N-dealkylation sites (N-methyl/N-ethyl adjacent to an activating group) is 1. The minimum absolute atomic E-state index is 0.00716. The van der Waals surface area contributed by atoms with Crippen LogP contribution in [0.3, 0.4) is 0 Å². The molecule has 1 amide bonds. The molecule has 0 aliphatic rings. The summed E-state index contributed by atoms with van der Waals surface area (Å²) in [6.07, 6.45) is 2.04. The third-order valence-corrected chi connectivity index (χ3v) is 6.15. The van der Waals surface area contributed by atoms with Crippen LogP contribution in [0.1, 0.15) is 78.4 Å². The SMILES string of the molecule is C=C(CC(CC(=O)NCCC[N+](C)(C)CC(O)c1ccccc1)C(=O)[O-])CC(C)(C)CC(C)(C)C. The summed E-state index contributed by atoms with van der Waals surface area (Å²) in [5.74, 6) is -2.36. The van der Waals surface area contributed by atoms with Crippen LogP contribution in [-0.2, 0) is 9.59 Å². The van der Waals surface area contributed by atoms with Gasteiger partial charge < -0.3 is 24.8 Å². The number of nitrogens with zero attached hydrogens (tertiary/aromatic N) is 1. The van der Waals surface area contributed by atoms with E-state index in [4.69, 9.17) is 0 Å². The molecule has 0 saturated heterocycles. The quantitative estimate of drug-likeness (QED) is 0.223. The summed E-state index contributed by atoms with van der Waals surface area (Å²) >= 11 is 0. The average Bonchev–Trinajstić information content (AvgIpc) is 2.68. The number of rotatable bonds is 15. The molecule has 1 aromatic rings. The lowest BCUT2D eigenvalue weighted by Gasteiger charge is -2.33. The van der Waals surface area contributed by atoms with Crippen LogP contribution >= 0.6 is 0 Å². The van der Waals surface area contributed by atoms with Crippen molar-refractivity contribution in [2.75, 3.05) is 33.7 Å². The van der Waals surface area contributed by atoms with Crippen LogP contribution in [0.25, 0.3) is 0 Å². The summed E-state index contributed by atoms with van der Waals surface area (Å²) in [4.78, 5) is 24.1. The van der Waals surface area contributed by atoms with E-state index in [0.717, 1.165) is 36.9 Å². The number of carboxylic acids is 1. The Kier molecular flexibility index (Phi) is 11.7. The highest BCUT2D eigenvalue weighted by atomic mass is 16.4. The summed E-state index contributed by atoms with van der Waals surface area (Å²) in [6, 6.07) is 9.58. The fourth-order valence-electron chi connectivity index (χ4n) is 5.21. The maximum absolute atomic E-state index is 12.4. The number of benzene rings is 1. The second-order valence-corrected chi connectivity index (χ2v) is 12.7. The second-order valence-electron chi connectivity index (χ2n) is 12.7. The zero-order valence-electron chi connectivity index (χ0n) is 23.0. The van der Waals surface area contributed by atoms with Crippen molar-refractivity contribution in [2.24, 2.45) is 16.7 Å². The van der Waals surface area contributed by atoms with Crippen molar-refractivity contribution >= 4 is 11.9 Å². The number of aliphatic hydroxyl groups is 1. The maximum atomic E-state index is 12.4. The monoisotopic (exact) mass is 488 g/mol. The molecule has 0 radical (unpaired) electrons. The molecule has 0 bridgehead atoms. The van der Waals surface area contributed by atoms with Gasteiger partial charge in [0.15, 0.2) is 0 Å². The van der Waals surface area contributed by atoms with E-state index in [1.54, 1.807) is 0 Å². The number of aliphatic carboxylic acids is 1. The maximum Gasteiger partial charge on any atom is 0.220 e. The van der Waals surface area contributed by atoms with Crippen LogP contribution < -0.4 is 10.4 Å². The van der Waals surface area contributed by atoms with Crippen LogP contribution in [0.15, 0.2) is 42.5 Å². The van der Waals surface area contributed by atoms with E-state index in [0.29, 0.717) is 17.6 Å². The summed E-state index contributed by atoms with van der Waals surface area (Å²) in [5, 5.41) is 25.0. The van der Waals surface area contributed by atoms with Crippen LogP contribution in [0, 0.1) is 16.7 Å². The summed E-state index contributed by atoms with van der Waals surface area (Å²) in [6.45, 7) is 16.8. The number of aliphatic hydroxyl groups excluding tert-OH is 1. The minimum atomic E-state index is -1.21. The number of hydrogen-bond donors (Lipinski definition) is 2. The smallest absolute Gasteiger partial charge is 0.220 e. The number of amides is 1. The molecule has 0 fully saturated rings. The zero-order valence-corrected chi connectivity index (χ0v) is 23.0. The zero-order chi connectivity index (χ0) is 26.9. The largest absolute Gasteiger partial charge is 0.550 e.